The normalized spacial score (nSPS) is 19.6. The number of thioether (sulfide) groups is 1. The van der Waals surface area contributed by atoms with Crippen LogP contribution < -0.4 is 0 Å². The number of ether oxygens (including phenoxy) is 1. The molecule has 3 heterocycles. The van der Waals surface area contributed by atoms with Gasteiger partial charge in [0.05, 0.1) is 23.7 Å². The molecule has 1 saturated heterocycles. The monoisotopic (exact) mass is 380 g/mol. The Bertz CT molecular complexity index is 649. The van der Waals surface area contributed by atoms with Crippen molar-refractivity contribution >= 4 is 40.5 Å². The van der Waals surface area contributed by atoms with Crippen LogP contribution in [0.4, 0.5) is 0 Å². The standard InChI is InChI=1S/C18H24N2O3S2/c1-13(2)25-16-15(14-5-3-12-24-14)17(21)20(18(16)22)7-4-6-19-8-10-23-11-9-19/h3,5,12-13H,4,6-11H2,1-2H3. The summed E-state index contributed by atoms with van der Waals surface area (Å²) in [5, 5.41) is 2.20. The summed E-state index contributed by atoms with van der Waals surface area (Å²) in [7, 11) is 0. The molecule has 3 rings (SSSR count). The number of hydrogen-bond acceptors (Lipinski definition) is 6. The van der Waals surface area contributed by atoms with E-state index >= 15 is 0 Å². The molecule has 1 fully saturated rings. The van der Waals surface area contributed by atoms with Crippen molar-refractivity contribution in [3.8, 4) is 0 Å². The summed E-state index contributed by atoms with van der Waals surface area (Å²) in [6.07, 6.45) is 0.800. The van der Waals surface area contributed by atoms with Gasteiger partial charge in [-0.15, -0.1) is 23.1 Å². The van der Waals surface area contributed by atoms with Crippen molar-refractivity contribution in [2.75, 3.05) is 39.4 Å². The Morgan fingerprint density at radius 2 is 1.96 bits per heavy atom. The van der Waals surface area contributed by atoms with Crippen LogP contribution in [0.2, 0.25) is 0 Å². The number of carbonyl (C=O) groups excluding carboxylic acids is 2. The predicted molar refractivity (Wildman–Crippen MR) is 103 cm³/mol. The van der Waals surface area contributed by atoms with E-state index in [9.17, 15) is 9.59 Å². The first-order valence-corrected chi connectivity index (χ1v) is 10.4. The van der Waals surface area contributed by atoms with E-state index in [0.29, 0.717) is 17.0 Å². The van der Waals surface area contributed by atoms with Gasteiger partial charge < -0.3 is 4.74 Å². The molecule has 0 saturated carbocycles. The van der Waals surface area contributed by atoms with Crippen molar-refractivity contribution < 1.29 is 14.3 Å². The van der Waals surface area contributed by atoms with Gasteiger partial charge in [-0.2, -0.15) is 0 Å². The SMILES string of the molecule is CC(C)SC1=C(c2cccs2)C(=O)N(CCCN2CCOCC2)C1=O. The van der Waals surface area contributed by atoms with Crippen molar-refractivity contribution in [1.29, 1.82) is 0 Å². The second-order valence-electron chi connectivity index (χ2n) is 6.42. The summed E-state index contributed by atoms with van der Waals surface area (Å²) >= 11 is 3.01. The van der Waals surface area contributed by atoms with Gasteiger partial charge in [-0.05, 0) is 17.9 Å². The maximum absolute atomic E-state index is 12.9. The second kappa shape index (κ2) is 8.49. The molecule has 1 aromatic rings. The van der Waals surface area contributed by atoms with Crippen molar-refractivity contribution in [2.45, 2.75) is 25.5 Å². The third kappa shape index (κ3) is 4.34. The molecular weight excluding hydrogens is 356 g/mol. The zero-order valence-corrected chi connectivity index (χ0v) is 16.3. The molecule has 1 aromatic heterocycles. The highest BCUT2D eigenvalue weighted by Crippen LogP contribution is 2.39. The number of amides is 2. The molecular formula is C18H24N2O3S2. The van der Waals surface area contributed by atoms with Crippen LogP contribution in [0.25, 0.3) is 5.57 Å². The van der Waals surface area contributed by atoms with E-state index in [2.05, 4.69) is 4.90 Å². The van der Waals surface area contributed by atoms with Gasteiger partial charge >= 0.3 is 0 Å². The lowest BCUT2D eigenvalue weighted by molar-refractivity contribution is -0.136. The van der Waals surface area contributed by atoms with Crippen molar-refractivity contribution in [2.24, 2.45) is 0 Å². The average molecular weight is 381 g/mol. The van der Waals surface area contributed by atoms with Crippen LogP contribution in [0.1, 0.15) is 25.1 Å². The molecule has 5 nitrogen and oxygen atoms in total. The predicted octanol–water partition coefficient (Wildman–Crippen LogP) is 2.69. The lowest BCUT2D eigenvalue weighted by atomic mass is 10.2. The molecule has 0 atom stereocenters. The lowest BCUT2D eigenvalue weighted by Crippen LogP contribution is -2.39. The van der Waals surface area contributed by atoms with Crippen LogP contribution in [0.3, 0.4) is 0 Å². The van der Waals surface area contributed by atoms with Gasteiger partial charge in [-0.3, -0.25) is 19.4 Å². The van der Waals surface area contributed by atoms with Crippen LogP contribution in [-0.2, 0) is 14.3 Å². The van der Waals surface area contributed by atoms with E-state index in [-0.39, 0.29) is 17.1 Å². The van der Waals surface area contributed by atoms with E-state index in [0.717, 1.165) is 44.1 Å². The largest absolute Gasteiger partial charge is 0.379 e. The second-order valence-corrected chi connectivity index (χ2v) is 8.95. The minimum Gasteiger partial charge on any atom is -0.379 e. The number of hydrogen-bond donors (Lipinski definition) is 0. The van der Waals surface area contributed by atoms with Gasteiger partial charge in [0.25, 0.3) is 11.8 Å². The Labute approximate surface area is 157 Å². The fourth-order valence-corrected chi connectivity index (χ4v) is 4.85. The number of nitrogens with zero attached hydrogens (tertiary/aromatic N) is 2. The Balaban J connectivity index is 1.68. The fraction of sp³-hybridized carbons (Fsp3) is 0.556. The summed E-state index contributed by atoms with van der Waals surface area (Å²) in [6, 6.07) is 3.84. The van der Waals surface area contributed by atoms with Gasteiger partial charge in [0.2, 0.25) is 0 Å². The van der Waals surface area contributed by atoms with Crippen molar-refractivity contribution in [3.63, 3.8) is 0 Å². The van der Waals surface area contributed by atoms with Gasteiger partial charge in [0.15, 0.2) is 0 Å². The Kier molecular flexibility index (Phi) is 6.33. The smallest absolute Gasteiger partial charge is 0.268 e. The van der Waals surface area contributed by atoms with E-state index in [4.69, 9.17) is 4.74 Å². The van der Waals surface area contributed by atoms with Crippen molar-refractivity contribution in [3.05, 3.63) is 27.3 Å². The molecule has 0 N–H and O–H groups in total. The minimum atomic E-state index is -0.141. The third-order valence-corrected chi connectivity index (χ3v) is 6.18. The van der Waals surface area contributed by atoms with Gasteiger partial charge in [0.1, 0.15) is 0 Å². The third-order valence-electron chi connectivity index (χ3n) is 4.21. The molecule has 2 aliphatic heterocycles. The van der Waals surface area contributed by atoms with E-state index in [1.54, 1.807) is 0 Å². The first kappa shape index (κ1) is 18.6. The number of imide groups is 1. The molecule has 0 aliphatic carbocycles. The summed E-state index contributed by atoms with van der Waals surface area (Å²) < 4.78 is 5.35. The average Bonchev–Trinajstić information content (AvgIpc) is 3.18. The van der Waals surface area contributed by atoms with E-state index in [1.807, 2.05) is 31.4 Å². The highest BCUT2D eigenvalue weighted by Gasteiger charge is 2.39. The van der Waals surface area contributed by atoms with Gasteiger partial charge in [-0.1, -0.05) is 19.9 Å². The molecule has 136 valence electrons. The molecule has 0 unspecified atom stereocenters. The Hall–Kier alpha value is -1.15. The zero-order valence-electron chi connectivity index (χ0n) is 14.7. The molecule has 0 spiro atoms. The molecule has 0 radical (unpaired) electrons. The van der Waals surface area contributed by atoms with Crippen LogP contribution in [0, 0.1) is 0 Å². The Morgan fingerprint density at radius 3 is 2.60 bits per heavy atom. The molecule has 2 amide bonds. The topological polar surface area (TPSA) is 49.9 Å². The van der Waals surface area contributed by atoms with Crippen LogP contribution >= 0.6 is 23.1 Å². The molecule has 0 bridgehead atoms. The van der Waals surface area contributed by atoms with Crippen LogP contribution in [0.15, 0.2) is 22.4 Å². The minimum absolute atomic E-state index is 0.130. The highest BCUT2D eigenvalue weighted by molar-refractivity contribution is 8.04. The quantitative estimate of drug-likeness (QED) is 0.681. The number of thiophene rings is 1. The van der Waals surface area contributed by atoms with Gasteiger partial charge in [-0.25, -0.2) is 0 Å². The lowest BCUT2D eigenvalue weighted by Gasteiger charge is -2.27. The fourth-order valence-electron chi connectivity index (χ4n) is 3.02. The van der Waals surface area contributed by atoms with E-state index < -0.39 is 0 Å². The maximum atomic E-state index is 12.9. The van der Waals surface area contributed by atoms with Crippen molar-refractivity contribution in [1.82, 2.24) is 9.80 Å². The summed E-state index contributed by atoms with van der Waals surface area (Å²) in [5.74, 6) is -0.272. The van der Waals surface area contributed by atoms with Crippen LogP contribution in [-0.4, -0.2) is 66.3 Å². The van der Waals surface area contributed by atoms with Crippen LogP contribution in [0.5, 0.6) is 0 Å². The molecule has 0 aromatic carbocycles. The number of morpholine rings is 1. The molecule has 25 heavy (non-hydrogen) atoms. The number of rotatable bonds is 7. The zero-order chi connectivity index (χ0) is 17.8. The summed E-state index contributed by atoms with van der Waals surface area (Å²) in [6.45, 7) is 8.84. The molecule has 7 heteroatoms. The summed E-state index contributed by atoms with van der Waals surface area (Å²) in [5.41, 5.74) is 0.588. The highest BCUT2D eigenvalue weighted by atomic mass is 32.2. The van der Waals surface area contributed by atoms with Gasteiger partial charge in [0, 0.05) is 36.3 Å². The first-order chi connectivity index (χ1) is 12.1. The molecule has 2 aliphatic rings. The first-order valence-electron chi connectivity index (χ1n) is 8.69. The Morgan fingerprint density at radius 1 is 1.20 bits per heavy atom. The summed E-state index contributed by atoms with van der Waals surface area (Å²) in [4.78, 5) is 31.0. The number of carbonyl (C=O) groups is 2. The maximum Gasteiger partial charge on any atom is 0.268 e. The van der Waals surface area contributed by atoms with E-state index in [1.165, 1.54) is 28.0 Å².